The summed E-state index contributed by atoms with van der Waals surface area (Å²) in [5.74, 6) is 0. The summed E-state index contributed by atoms with van der Waals surface area (Å²) in [6.07, 6.45) is 9.86. The van der Waals surface area contributed by atoms with Gasteiger partial charge in [0.1, 0.15) is 0 Å². The lowest BCUT2D eigenvalue weighted by atomic mass is 9.90. The molecule has 100 valence electrons. The number of aromatic nitrogens is 1. The molecule has 0 aliphatic heterocycles. The summed E-state index contributed by atoms with van der Waals surface area (Å²) in [6, 6.07) is 5.40. The van der Waals surface area contributed by atoms with Gasteiger partial charge < -0.3 is 5.73 Å². The van der Waals surface area contributed by atoms with Crippen molar-refractivity contribution in [2.45, 2.75) is 57.7 Å². The Kier molecular flexibility index (Phi) is 5.14. The van der Waals surface area contributed by atoms with E-state index in [9.17, 15) is 0 Å². The molecular formula is C15H25N3. The number of pyridine rings is 1. The van der Waals surface area contributed by atoms with E-state index in [-0.39, 0.29) is 0 Å². The van der Waals surface area contributed by atoms with E-state index in [0.29, 0.717) is 6.04 Å². The summed E-state index contributed by atoms with van der Waals surface area (Å²) in [7, 11) is 0. The molecule has 1 aliphatic carbocycles. The highest BCUT2D eigenvalue weighted by molar-refractivity contribution is 5.09. The van der Waals surface area contributed by atoms with Crippen LogP contribution in [0.1, 0.15) is 44.6 Å². The third-order valence-electron chi connectivity index (χ3n) is 3.90. The molecule has 18 heavy (non-hydrogen) atoms. The molecular weight excluding hydrogens is 222 g/mol. The Morgan fingerprint density at radius 2 is 1.89 bits per heavy atom. The molecule has 0 bridgehead atoms. The molecule has 0 aromatic carbocycles. The van der Waals surface area contributed by atoms with Crippen molar-refractivity contribution in [2.75, 3.05) is 6.54 Å². The van der Waals surface area contributed by atoms with Gasteiger partial charge >= 0.3 is 0 Å². The summed E-state index contributed by atoms with van der Waals surface area (Å²) < 4.78 is 0. The van der Waals surface area contributed by atoms with E-state index in [1.807, 2.05) is 12.4 Å². The lowest BCUT2D eigenvalue weighted by Gasteiger charge is -2.36. The predicted octanol–water partition coefficient (Wildman–Crippen LogP) is 2.56. The minimum atomic E-state index is 0.436. The van der Waals surface area contributed by atoms with E-state index in [0.717, 1.165) is 12.6 Å². The lowest BCUT2D eigenvalue weighted by Crippen LogP contribution is -2.40. The average Bonchev–Trinajstić information content (AvgIpc) is 2.40. The van der Waals surface area contributed by atoms with Crippen LogP contribution >= 0.6 is 0 Å². The van der Waals surface area contributed by atoms with Gasteiger partial charge in [-0.05, 0) is 56.3 Å². The third kappa shape index (κ3) is 3.79. The van der Waals surface area contributed by atoms with Crippen molar-refractivity contribution in [3.05, 3.63) is 30.1 Å². The summed E-state index contributed by atoms with van der Waals surface area (Å²) in [4.78, 5) is 6.71. The smallest absolute Gasteiger partial charge is 0.0271 e. The van der Waals surface area contributed by atoms with Gasteiger partial charge in [0.25, 0.3) is 0 Å². The summed E-state index contributed by atoms with van der Waals surface area (Å²) in [5, 5.41) is 0. The number of hydrogen-bond donors (Lipinski definition) is 1. The van der Waals surface area contributed by atoms with Crippen molar-refractivity contribution in [3.8, 4) is 0 Å². The van der Waals surface area contributed by atoms with Gasteiger partial charge in [0, 0.05) is 31.0 Å². The van der Waals surface area contributed by atoms with Crippen LogP contribution in [-0.2, 0) is 6.54 Å². The van der Waals surface area contributed by atoms with Crippen LogP contribution in [0.4, 0.5) is 0 Å². The molecule has 2 rings (SSSR count). The van der Waals surface area contributed by atoms with E-state index in [1.165, 1.54) is 44.2 Å². The van der Waals surface area contributed by atoms with Gasteiger partial charge in [-0.2, -0.15) is 0 Å². The molecule has 2 N–H and O–H groups in total. The standard InChI is InChI=1S/C15H25N3/c1-2-11-18(12-13-7-9-17-10-8-13)15-5-3-14(16)4-6-15/h7-10,14-15H,2-6,11-12,16H2,1H3. The fourth-order valence-corrected chi connectivity index (χ4v) is 2.87. The van der Waals surface area contributed by atoms with E-state index in [4.69, 9.17) is 5.73 Å². The average molecular weight is 247 g/mol. The number of rotatable bonds is 5. The van der Waals surface area contributed by atoms with E-state index < -0.39 is 0 Å². The molecule has 1 aliphatic rings. The minimum Gasteiger partial charge on any atom is -0.328 e. The molecule has 1 heterocycles. The predicted molar refractivity (Wildman–Crippen MR) is 75.2 cm³/mol. The second-order valence-corrected chi connectivity index (χ2v) is 5.39. The fourth-order valence-electron chi connectivity index (χ4n) is 2.87. The zero-order chi connectivity index (χ0) is 12.8. The Morgan fingerprint density at radius 3 is 2.50 bits per heavy atom. The first-order valence-electron chi connectivity index (χ1n) is 7.18. The molecule has 0 spiro atoms. The van der Waals surface area contributed by atoms with Crippen molar-refractivity contribution in [1.82, 2.24) is 9.88 Å². The highest BCUT2D eigenvalue weighted by Crippen LogP contribution is 2.23. The van der Waals surface area contributed by atoms with Crippen LogP contribution in [0.3, 0.4) is 0 Å². The summed E-state index contributed by atoms with van der Waals surface area (Å²) in [5.41, 5.74) is 7.37. The van der Waals surface area contributed by atoms with Gasteiger partial charge in [0.15, 0.2) is 0 Å². The van der Waals surface area contributed by atoms with Crippen LogP contribution in [0.5, 0.6) is 0 Å². The Morgan fingerprint density at radius 1 is 1.22 bits per heavy atom. The number of nitrogens with zero attached hydrogens (tertiary/aromatic N) is 2. The minimum absolute atomic E-state index is 0.436. The van der Waals surface area contributed by atoms with Crippen molar-refractivity contribution in [3.63, 3.8) is 0 Å². The quantitative estimate of drug-likeness (QED) is 0.869. The van der Waals surface area contributed by atoms with Gasteiger partial charge in [-0.15, -0.1) is 0 Å². The largest absolute Gasteiger partial charge is 0.328 e. The van der Waals surface area contributed by atoms with Crippen molar-refractivity contribution >= 4 is 0 Å². The molecule has 0 unspecified atom stereocenters. The number of nitrogens with two attached hydrogens (primary N) is 1. The molecule has 0 saturated heterocycles. The van der Waals surface area contributed by atoms with Crippen LogP contribution in [0.25, 0.3) is 0 Å². The molecule has 1 fully saturated rings. The first-order chi connectivity index (χ1) is 8.79. The maximum atomic E-state index is 6.00. The zero-order valence-corrected chi connectivity index (χ0v) is 11.4. The first kappa shape index (κ1) is 13.5. The molecule has 1 aromatic heterocycles. The molecule has 0 radical (unpaired) electrons. The highest BCUT2D eigenvalue weighted by atomic mass is 15.2. The first-order valence-corrected chi connectivity index (χ1v) is 7.18. The van der Waals surface area contributed by atoms with Gasteiger partial charge in [0.05, 0.1) is 0 Å². The van der Waals surface area contributed by atoms with Crippen molar-refractivity contribution < 1.29 is 0 Å². The Hall–Kier alpha value is -0.930. The summed E-state index contributed by atoms with van der Waals surface area (Å²) >= 11 is 0. The second kappa shape index (κ2) is 6.86. The molecule has 1 saturated carbocycles. The van der Waals surface area contributed by atoms with Crippen LogP contribution < -0.4 is 5.73 Å². The Bertz CT molecular complexity index is 331. The fraction of sp³-hybridized carbons (Fsp3) is 0.667. The van der Waals surface area contributed by atoms with Crippen molar-refractivity contribution in [2.24, 2.45) is 5.73 Å². The summed E-state index contributed by atoms with van der Waals surface area (Å²) in [6.45, 7) is 4.49. The van der Waals surface area contributed by atoms with E-state index >= 15 is 0 Å². The van der Waals surface area contributed by atoms with Gasteiger partial charge in [-0.25, -0.2) is 0 Å². The monoisotopic (exact) mass is 247 g/mol. The molecule has 0 atom stereocenters. The Labute approximate surface area is 110 Å². The third-order valence-corrected chi connectivity index (χ3v) is 3.90. The lowest BCUT2D eigenvalue weighted by molar-refractivity contribution is 0.142. The highest BCUT2D eigenvalue weighted by Gasteiger charge is 2.23. The van der Waals surface area contributed by atoms with Crippen LogP contribution in [0.2, 0.25) is 0 Å². The normalized spacial score (nSPS) is 24.4. The molecule has 1 aromatic rings. The van der Waals surface area contributed by atoms with Crippen LogP contribution in [0.15, 0.2) is 24.5 Å². The van der Waals surface area contributed by atoms with Crippen LogP contribution in [0, 0.1) is 0 Å². The van der Waals surface area contributed by atoms with Gasteiger partial charge in [-0.1, -0.05) is 6.92 Å². The topological polar surface area (TPSA) is 42.2 Å². The zero-order valence-electron chi connectivity index (χ0n) is 11.4. The van der Waals surface area contributed by atoms with Gasteiger partial charge in [0.2, 0.25) is 0 Å². The van der Waals surface area contributed by atoms with Gasteiger partial charge in [-0.3, -0.25) is 9.88 Å². The number of hydrogen-bond acceptors (Lipinski definition) is 3. The van der Waals surface area contributed by atoms with Crippen molar-refractivity contribution in [1.29, 1.82) is 0 Å². The molecule has 3 nitrogen and oxygen atoms in total. The molecule has 0 amide bonds. The maximum absolute atomic E-state index is 6.00. The SMILES string of the molecule is CCCN(Cc1ccncc1)C1CCC(N)CC1. The van der Waals surface area contributed by atoms with E-state index in [1.54, 1.807) is 0 Å². The maximum Gasteiger partial charge on any atom is 0.0271 e. The Balaban J connectivity index is 1.95. The molecule has 3 heteroatoms. The van der Waals surface area contributed by atoms with Crippen LogP contribution in [-0.4, -0.2) is 28.5 Å². The second-order valence-electron chi connectivity index (χ2n) is 5.39. The van der Waals surface area contributed by atoms with E-state index in [2.05, 4.69) is 28.9 Å².